The van der Waals surface area contributed by atoms with Crippen LogP contribution < -0.4 is 15.0 Å². The van der Waals surface area contributed by atoms with Gasteiger partial charge in [-0.1, -0.05) is 29.3 Å². The Morgan fingerprint density at radius 1 is 1.15 bits per heavy atom. The molecule has 7 heteroatoms. The van der Waals surface area contributed by atoms with Gasteiger partial charge >= 0.3 is 0 Å². The molecule has 27 heavy (non-hydrogen) atoms. The largest absolute Gasteiger partial charge is 0.495 e. The summed E-state index contributed by atoms with van der Waals surface area (Å²) in [6, 6.07) is 11.4. The number of carbonyl (C=O) groups is 1. The Bertz CT molecular complexity index is 821. The minimum absolute atomic E-state index is 0.0637. The number of halogens is 2. The lowest BCUT2D eigenvalue weighted by Gasteiger charge is -2.35. The van der Waals surface area contributed by atoms with E-state index in [4.69, 9.17) is 27.9 Å². The summed E-state index contributed by atoms with van der Waals surface area (Å²) >= 11 is 12.2. The zero-order valence-electron chi connectivity index (χ0n) is 15.5. The highest BCUT2D eigenvalue weighted by molar-refractivity contribution is 6.31. The Hall–Kier alpha value is -1.95. The normalized spacial score (nSPS) is 14.9. The number of methoxy groups -OCH3 is 1. The molecule has 2 aromatic carbocycles. The van der Waals surface area contributed by atoms with Crippen molar-refractivity contribution in [3.8, 4) is 5.75 Å². The predicted octanol–water partition coefficient (Wildman–Crippen LogP) is 4.07. The van der Waals surface area contributed by atoms with Gasteiger partial charge in [0.25, 0.3) is 0 Å². The van der Waals surface area contributed by atoms with Crippen LogP contribution in [0.15, 0.2) is 36.4 Å². The Balaban J connectivity index is 1.55. The van der Waals surface area contributed by atoms with Gasteiger partial charge in [0.15, 0.2) is 0 Å². The highest BCUT2D eigenvalue weighted by Gasteiger charge is 2.20. The van der Waals surface area contributed by atoms with Crippen LogP contribution in [0.3, 0.4) is 0 Å². The van der Waals surface area contributed by atoms with E-state index in [-0.39, 0.29) is 5.91 Å². The van der Waals surface area contributed by atoms with Gasteiger partial charge in [-0.3, -0.25) is 9.69 Å². The SMILES string of the molecule is COc1cc(Cl)c(C)cc1NC(=O)CN1CCN(c2cccc(Cl)c2)CC1. The van der Waals surface area contributed by atoms with Gasteiger partial charge in [0.2, 0.25) is 5.91 Å². The molecule has 0 aliphatic carbocycles. The number of amides is 1. The summed E-state index contributed by atoms with van der Waals surface area (Å²) in [6.45, 7) is 5.59. The van der Waals surface area contributed by atoms with Crippen LogP contribution >= 0.6 is 23.2 Å². The zero-order chi connectivity index (χ0) is 19.4. The van der Waals surface area contributed by atoms with Gasteiger partial charge in [-0.25, -0.2) is 0 Å². The zero-order valence-corrected chi connectivity index (χ0v) is 17.0. The molecule has 0 aromatic heterocycles. The van der Waals surface area contributed by atoms with Crippen LogP contribution in [0.2, 0.25) is 10.0 Å². The first-order valence-electron chi connectivity index (χ1n) is 8.83. The molecule has 1 saturated heterocycles. The number of rotatable bonds is 5. The van der Waals surface area contributed by atoms with E-state index in [0.29, 0.717) is 23.0 Å². The van der Waals surface area contributed by atoms with Crippen molar-refractivity contribution in [1.82, 2.24) is 4.90 Å². The maximum Gasteiger partial charge on any atom is 0.238 e. The number of ether oxygens (including phenoxy) is 1. The molecule has 0 saturated carbocycles. The van der Waals surface area contributed by atoms with Crippen molar-refractivity contribution in [3.63, 3.8) is 0 Å². The third-order valence-electron chi connectivity index (χ3n) is 4.67. The highest BCUT2D eigenvalue weighted by atomic mass is 35.5. The standard InChI is InChI=1S/C20H23Cl2N3O2/c1-14-10-18(19(27-2)12-17(14)22)23-20(26)13-24-6-8-25(9-7-24)16-5-3-4-15(21)11-16/h3-5,10-12H,6-9,13H2,1-2H3,(H,23,26). The molecule has 1 aliphatic rings. The van der Waals surface area contributed by atoms with Crippen LogP contribution in [0.1, 0.15) is 5.56 Å². The first kappa shape index (κ1) is 19.8. The topological polar surface area (TPSA) is 44.8 Å². The van der Waals surface area contributed by atoms with E-state index in [2.05, 4.69) is 21.2 Å². The van der Waals surface area contributed by atoms with E-state index in [1.807, 2.05) is 31.2 Å². The van der Waals surface area contributed by atoms with E-state index in [1.54, 1.807) is 13.2 Å². The fourth-order valence-electron chi connectivity index (χ4n) is 3.16. The lowest BCUT2D eigenvalue weighted by atomic mass is 10.2. The second kappa shape index (κ2) is 8.83. The van der Waals surface area contributed by atoms with Crippen molar-refractivity contribution in [2.75, 3.05) is 50.1 Å². The third kappa shape index (κ3) is 5.06. The lowest BCUT2D eigenvalue weighted by Crippen LogP contribution is -2.48. The van der Waals surface area contributed by atoms with E-state index < -0.39 is 0 Å². The molecule has 1 heterocycles. The maximum atomic E-state index is 12.5. The van der Waals surface area contributed by atoms with Crippen LogP contribution in [-0.4, -0.2) is 50.6 Å². The van der Waals surface area contributed by atoms with Crippen molar-refractivity contribution in [3.05, 3.63) is 52.0 Å². The minimum atomic E-state index is -0.0637. The second-order valence-electron chi connectivity index (χ2n) is 6.59. The molecule has 0 spiro atoms. The van der Waals surface area contributed by atoms with Gasteiger partial charge in [-0.15, -0.1) is 0 Å². The molecule has 0 bridgehead atoms. The van der Waals surface area contributed by atoms with Gasteiger partial charge < -0.3 is 15.0 Å². The minimum Gasteiger partial charge on any atom is -0.495 e. The Labute approximate surface area is 169 Å². The monoisotopic (exact) mass is 407 g/mol. The summed E-state index contributed by atoms with van der Waals surface area (Å²) < 4.78 is 5.31. The molecule has 0 radical (unpaired) electrons. The molecule has 1 fully saturated rings. The van der Waals surface area contributed by atoms with Gasteiger partial charge in [0.1, 0.15) is 5.75 Å². The summed E-state index contributed by atoms with van der Waals surface area (Å²) in [5.41, 5.74) is 2.65. The summed E-state index contributed by atoms with van der Waals surface area (Å²) in [4.78, 5) is 16.9. The number of benzene rings is 2. The first-order chi connectivity index (χ1) is 13.0. The molecule has 0 unspecified atom stereocenters. The fraction of sp³-hybridized carbons (Fsp3) is 0.350. The number of hydrogen-bond acceptors (Lipinski definition) is 4. The van der Waals surface area contributed by atoms with Gasteiger partial charge in [0, 0.05) is 48.0 Å². The lowest BCUT2D eigenvalue weighted by molar-refractivity contribution is -0.117. The van der Waals surface area contributed by atoms with Crippen LogP contribution in [0.5, 0.6) is 5.75 Å². The molecular formula is C20H23Cl2N3O2. The molecule has 0 atom stereocenters. The highest BCUT2D eigenvalue weighted by Crippen LogP contribution is 2.31. The van der Waals surface area contributed by atoms with Gasteiger partial charge in [-0.05, 0) is 36.8 Å². The summed E-state index contributed by atoms with van der Waals surface area (Å²) in [5.74, 6) is 0.496. The van der Waals surface area contributed by atoms with Gasteiger partial charge in [0.05, 0.1) is 19.3 Å². The van der Waals surface area contributed by atoms with E-state index in [9.17, 15) is 4.79 Å². The Morgan fingerprint density at radius 2 is 1.89 bits per heavy atom. The summed E-state index contributed by atoms with van der Waals surface area (Å²) in [5, 5.41) is 4.28. The number of nitrogens with one attached hydrogen (secondary N) is 1. The van der Waals surface area contributed by atoms with Crippen LogP contribution in [0.4, 0.5) is 11.4 Å². The maximum absolute atomic E-state index is 12.5. The second-order valence-corrected chi connectivity index (χ2v) is 7.44. The van der Waals surface area contributed by atoms with Crippen molar-refractivity contribution in [2.45, 2.75) is 6.92 Å². The summed E-state index contributed by atoms with van der Waals surface area (Å²) in [7, 11) is 1.56. The molecule has 3 rings (SSSR count). The Kier molecular flexibility index (Phi) is 6.47. The number of carbonyl (C=O) groups excluding carboxylic acids is 1. The van der Waals surface area contributed by atoms with Crippen LogP contribution in [0, 0.1) is 6.92 Å². The molecule has 1 N–H and O–H groups in total. The molecule has 5 nitrogen and oxygen atoms in total. The number of hydrogen-bond donors (Lipinski definition) is 1. The molecule has 2 aromatic rings. The van der Waals surface area contributed by atoms with E-state index in [0.717, 1.165) is 42.5 Å². The third-order valence-corrected chi connectivity index (χ3v) is 5.31. The quantitative estimate of drug-likeness (QED) is 0.810. The predicted molar refractivity (Wildman–Crippen MR) is 111 cm³/mol. The first-order valence-corrected chi connectivity index (χ1v) is 9.58. The van der Waals surface area contributed by atoms with Crippen molar-refractivity contribution < 1.29 is 9.53 Å². The average molecular weight is 408 g/mol. The van der Waals surface area contributed by atoms with Crippen molar-refractivity contribution in [2.24, 2.45) is 0 Å². The molecular weight excluding hydrogens is 385 g/mol. The van der Waals surface area contributed by atoms with Gasteiger partial charge in [-0.2, -0.15) is 0 Å². The smallest absolute Gasteiger partial charge is 0.238 e. The average Bonchev–Trinajstić information content (AvgIpc) is 2.65. The van der Waals surface area contributed by atoms with Crippen molar-refractivity contribution in [1.29, 1.82) is 0 Å². The number of nitrogens with zero attached hydrogens (tertiary/aromatic N) is 2. The fourth-order valence-corrected chi connectivity index (χ4v) is 3.50. The van der Waals surface area contributed by atoms with Crippen LogP contribution in [0.25, 0.3) is 0 Å². The number of piperazine rings is 1. The molecule has 1 aliphatic heterocycles. The van der Waals surface area contributed by atoms with Crippen LogP contribution in [-0.2, 0) is 4.79 Å². The van der Waals surface area contributed by atoms with E-state index >= 15 is 0 Å². The summed E-state index contributed by atoms with van der Waals surface area (Å²) in [6.07, 6.45) is 0. The number of anilines is 2. The molecule has 1 amide bonds. The molecule has 144 valence electrons. The Morgan fingerprint density at radius 3 is 2.56 bits per heavy atom. The van der Waals surface area contributed by atoms with Crippen molar-refractivity contribution >= 4 is 40.5 Å². The van der Waals surface area contributed by atoms with E-state index in [1.165, 1.54) is 0 Å². The number of aryl methyl sites for hydroxylation is 1.